The average molecular weight is 355 g/mol. The molecule has 2 aromatic carbocycles. The summed E-state index contributed by atoms with van der Waals surface area (Å²) in [6.45, 7) is 3.14. The lowest BCUT2D eigenvalue weighted by Crippen LogP contribution is -2.25. The number of rotatable bonds is 4. The zero-order valence-electron chi connectivity index (χ0n) is 14.4. The molecule has 0 bridgehead atoms. The summed E-state index contributed by atoms with van der Waals surface area (Å²) in [6.07, 6.45) is -0.399. The molecule has 0 saturated carbocycles. The summed E-state index contributed by atoms with van der Waals surface area (Å²) < 4.78 is 19.0. The number of carbonyl (C=O) groups excluding carboxylic acids is 2. The van der Waals surface area contributed by atoms with Gasteiger partial charge in [0.15, 0.2) is 0 Å². The van der Waals surface area contributed by atoms with E-state index in [1.54, 1.807) is 43.3 Å². The quantitative estimate of drug-likeness (QED) is 0.914. The van der Waals surface area contributed by atoms with Gasteiger partial charge in [0.05, 0.1) is 0 Å². The zero-order valence-corrected chi connectivity index (χ0v) is 14.4. The van der Waals surface area contributed by atoms with Gasteiger partial charge in [-0.05, 0) is 30.3 Å². The van der Waals surface area contributed by atoms with Crippen LogP contribution in [0.3, 0.4) is 0 Å². The van der Waals surface area contributed by atoms with Gasteiger partial charge in [-0.2, -0.15) is 5.01 Å². The maximum atomic E-state index is 13.2. The third-order valence-electron chi connectivity index (χ3n) is 3.84. The molecule has 1 aliphatic heterocycles. The number of benzene rings is 2. The Morgan fingerprint density at radius 3 is 2.62 bits per heavy atom. The highest BCUT2D eigenvalue weighted by Crippen LogP contribution is 2.30. The molecule has 0 spiro atoms. The average Bonchev–Trinajstić information content (AvgIpc) is 3.08. The van der Waals surface area contributed by atoms with Crippen molar-refractivity contribution in [2.24, 2.45) is 5.10 Å². The summed E-state index contributed by atoms with van der Waals surface area (Å²) in [6, 6.07) is 12.7. The second kappa shape index (κ2) is 7.35. The molecule has 1 heterocycles. The van der Waals surface area contributed by atoms with Gasteiger partial charge in [0.1, 0.15) is 5.82 Å². The van der Waals surface area contributed by atoms with E-state index in [0.29, 0.717) is 23.2 Å². The van der Waals surface area contributed by atoms with Gasteiger partial charge >= 0.3 is 0 Å². The molecule has 3 rings (SSSR count). The minimum atomic E-state index is -0.767. The number of hydrogen-bond acceptors (Lipinski definition) is 4. The van der Waals surface area contributed by atoms with Gasteiger partial charge in [0.2, 0.25) is 23.9 Å². The van der Waals surface area contributed by atoms with Crippen molar-refractivity contribution in [1.29, 1.82) is 0 Å². The second-order valence-electron chi connectivity index (χ2n) is 5.77. The first-order chi connectivity index (χ1) is 12.5. The van der Waals surface area contributed by atoms with Crippen molar-refractivity contribution < 1.29 is 18.7 Å². The first-order valence-electron chi connectivity index (χ1n) is 8.18. The van der Waals surface area contributed by atoms with Crippen molar-refractivity contribution in [3.63, 3.8) is 0 Å². The molecule has 1 unspecified atom stereocenters. The molecule has 6 nitrogen and oxygen atoms in total. The molecular formula is C19H18FN3O3. The summed E-state index contributed by atoms with van der Waals surface area (Å²) >= 11 is 0. The Bertz CT molecular complexity index is 865. The molecule has 1 N–H and O–H groups in total. The Balaban J connectivity index is 1.88. The Kier molecular flexibility index (Phi) is 4.97. The molecule has 0 radical (unpaired) electrons. The molecule has 0 aliphatic carbocycles. The van der Waals surface area contributed by atoms with Crippen LogP contribution in [0.15, 0.2) is 53.6 Å². The van der Waals surface area contributed by atoms with Crippen LogP contribution in [-0.4, -0.2) is 22.7 Å². The third kappa shape index (κ3) is 3.72. The number of amides is 2. The lowest BCUT2D eigenvalue weighted by Gasteiger charge is -2.19. The number of halogens is 1. The van der Waals surface area contributed by atoms with E-state index >= 15 is 0 Å². The molecule has 2 amide bonds. The van der Waals surface area contributed by atoms with Crippen LogP contribution in [0.1, 0.15) is 37.6 Å². The minimum Gasteiger partial charge on any atom is -0.446 e. The molecule has 7 heteroatoms. The van der Waals surface area contributed by atoms with Crippen LogP contribution in [0.5, 0.6) is 0 Å². The van der Waals surface area contributed by atoms with Crippen LogP contribution in [0.4, 0.5) is 10.1 Å². The summed E-state index contributed by atoms with van der Waals surface area (Å²) in [7, 11) is 0. The van der Waals surface area contributed by atoms with Crippen LogP contribution in [0.25, 0.3) is 0 Å². The number of anilines is 1. The van der Waals surface area contributed by atoms with E-state index in [9.17, 15) is 14.0 Å². The lowest BCUT2D eigenvalue weighted by molar-refractivity contribution is -0.135. The highest BCUT2D eigenvalue weighted by Gasteiger charge is 2.33. The normalized spacial score (nSPS) is 16.0. The molecule has 0 aromatic heterocycles. The van der Waals surface area contributed by atoms with E-state index in [4.69, 9.17) is 4.74 Å². The fraction of sp³-hybridized carbons (Fsp3) is 0.211. The van der Waals surface area contributed by atoms with E-state index in [2.05, 4.69) is 10.4 Å². The van der Waals surface area contributed by atoms with E-state index in [-0.39, 0.29) is 23.5 Å². The Morgan fingerprint density at radius 1 is 1.23 bits per heavy atom. The van der Waals surface area contributed by atoms with Gasteiger partial charge in [0.25, 0.3) is 0 Å². The van der Waals surface area contributed by atoms with E-state index in [0.717, 1.165) is 0 Å². The van der Waals surface area contributed by atoms with E-state index < -0.39 is 6.23 Å². The van der Waals surface area contributed by atoms with Crippen molar-refractivity contribution >= 4 is 23.4 Å². The van der Waals surface area contributed by atoms with Crippen molar-refractivity contribution in [1.82, 2.24) is 5.01 Å². The maximum Gasteiger partial charge on any atom is 0.243 e. The van der Waals surface area contributed by atoms with Crippen LogP contribution < -0.4 is 5.32 Å². The number of nitrogens with one attached hydrogen (secondary N) is 1. The van der Waals surface area contributed by atoms with Gasteiger partial charge in [-0.3, -0.25) is 9.59 Å². The number of hydrazone groups is 1. The second-order valence-corrected chi connectivity index (χ2v) is 5.77. The standard InChI is InChI=1S/C19H18FN3O3/c1-3-17(25)21-16-6-4-5-14(11-16)18-22-23(12(2)24)19(26-18)13-7-9-15(20)10-8-13/h4-11,19H,3H2,1-2H3,(H,21,25). The van der Waals surface area contributed by atoms with Crippen molar-refractivity contribution in [3.05, 3.63) is 65.5 Å². The molecule has 0 fully saturated rings. The minimum absolute atomic E-state index is 0.106. The van der Waals surface area contributed by atoms with Crippen LogP contribution in [-0.2, 0) is 14.3 Å². The monoisotopic (exact) mass is 355 g/mol. The molecule has 1 aliphatic rings. The van der Waals surface area contributed by atoms with Gasteiger partial charge in [0, 0.05) is 30.2 Å². The Morgan fingerprint density at radius 2 is 1.96 bits per heavy atom. The molecule has 26 heavy (non-hydrogen) atoms. The fourth-order valence-electron chi connectivity index (χ4n) is 2.51. The van der Waals surface area contributed by atoms with E-state index in [1.807, 2.05) is 0 Å². The van der Waals surface area contributed by atoms with Gasteiger partial charge < -0.3 is 10.1 Å². The molecule has 134 valence electrons. The predicted octanol–water partition coefficient (Wildman–Crippen LogP) is 3.41. The third-order valence-corrected chi connectivity index (χ3v) is 3.84. The smallest absolute Gasteiger partial charge is 0.243 e. The summed E-state index contributed by atoms with van der Waals surface area (Å²) in [5.41, 5.74) is 1.84. The van der Waals surface area contributed by atoms with Crippen molar-refractivity contribution in [2.45, 2.75) is 26.5 Å². The highest BCUT2D eigenvalue weighted by atomic mass is 19.1. The van der Waals surface area contributed by atoms with Gasteiger partial charge in [-0.15, -0.1) is 5.10 Å². The summed E-state index contributed by atoms with van der Waals surface area (Å²) in [4.78, 5) is 23.5. The predicted molar refractivity (Wildman–Crippen MR) is 94.6 cm³/mol. The molecular weight excluding hydrogens is 337 g/mol. The van der Waals surface area contributed by atoms with Crippen molar-refractivity contribution in [2.75, 3.05) is 5.32 Å². The van der Waals surface area contributed by atoms with Crippen LogP contribution >= 0.6 is 0 Å². The van der Waals surface area contributed by atoms with Gasteiger partial charge in [-0.25, -0.2) is 4.39 Å². The zero-order chi connectivity index (χ0) is 18.7. The lowest BCUT2D eigenvalue weighted by atomic mass is 10.2. The SMILES string of the molecule is CCC(=O)Nc1cccc(C2=NN(C(C)=O)C(c3ccc(F)cc3)O2)c1. The number of hydrogen-bond donors (Lipinski definition) is 1. The molecule has 2 aromatic rings. The maximum absolute atomic E-state index is 13.2. The fourth-order valence-corrected chi connectivity index (χ4v) is 2.51. The van der Waals surface area contributed by atoms with E-state index in [1.165, 1.54) is 24.1 Å². The van der Waals surface area contributed by atoms with Crippen LogP contribution in [0, 0.1) is 5.82 Å². The number of ether oxygens (including phenoxy) is 1. The first kappa shape index (κ1) is 17.6. The van der Waals surface area contributed by atoms with Crippen LogP contribution in [0.2, 0.25) is 0 Å². The molecule has 1 atom stereocenters. The highest BCUT2D eigenvalue weighted by molar-refractivity contribution is 5.98. The van der Waals surface area contributed by atoms with Crippen molar-refractivity contribution in [3.8, 4) is 0 Å². The number of carbonyl (C=O) groups is 2. The largest absolute Gasteiger partial charge is 0.446 e. The van der Waals surface area contributed by atoms with Gasteiger partial charge in [-0.1, -0.05) is 25.1 Å². The molecule has 0 saturated heterocycles. The topological polar surface area (TPSA) is 71.0 Å². The Labute approximate surface area is 150 Å². The summed E-state index contributed by atoms with van der Waals surface area (Å²) in [5.74, 6) is -0.528. The Hall–Kier alpha value is -3.22. The number of nitrogens with zero attached hydrogens (tertiary/aromatic N) is 2. The summed E-state index contributed by atoms with van der Waals surface area (Å²) in [5, 5.41) is 8.23. The first-order valence-corrected chi connectivity index (χ1v) is 8.18.